The van der Waals surface area contributed by atoms with E-state index in [0.29, 0.717) is 12.6 Å². The van der Waals surface area contributed by atoms with Crippen molar-refractivity contribution in [1.82, 2.24) is 4.90 Å². The van der Waals surface area contributed by atoms with Gasteiger partial charge >= 0.3 is 0 Å². The number of likely N-dealkylation sites (N-methyl/N-ethyl adjacent to an activating group) is 1. The van der Waals surface area contributed by atoms with Crippen LogP contribution in [-0.4, -0.2) is 25.0 Å². The smallest absolute Gasteiger partial charge is 0.0481 e. The van der Waals surface area contributed by atoms with Crippen LogP contribution in [0, 0.1) is 0 Å². The Kier molecular flexibility index (Phi) is 3.44. The van der Waals surface area contributed by atoms with Gasteiger partial charge in [-0.2, -0.15) is 0 Å². The Labute approximate surface area is 99.6 Å². The Hall–Kier alpha value is -0.380. The lowest BCUT2D eigenvalue weighted by Crippen LogP contribution is -2.30. The number of fused-ring (bicyclic) bond motifs is 1. The number of rotatable bonds is 1. The molecule has 0 radical (unpaired) electrons. The minimum Gasteiger partial charge on any atom is -0.329 e. The van der Waals surface area contributed by atoms with Crippen molar-refractivity contribution in [2.75, 3.05) is 20.1 Å². The molecule has 1 aromatic carbocycles. The van der Waals surface area contributed by atoms with Crippen LogP contribution in [0.5, 0.6) is 0 Å². The van der Waals surface area contributed by atoms with Crippen molar-refractivity contribution in [3.05, 3.63) is 33.8 Å². The van der Waals surface area contributed by atoms with Gasteiger partial charge in [-0.1, -0.05) is 28.1 Å². The van der Waals surface area contributed by atoms with Crippen LogP contribution in [0.25, 0.3) is 0 Å². The van der Waals surface area contributed by atoms with Gasteiger partial charge in [0.15, 0.2) is 0 Å². The number of hydrogen-bond donors (Lipinski definition) is 1. The van der Waals surface area contributed by atoms with E-state index >= 15 is 0 Å². The van der Waals surface area contributed by atoms with Gasteiger partial charge in [-0.05, 0) is 43.6 Å². The van der Waals surface area contributed by atoms with Gasteiger partial charge in [-0.3, -0.25) is 4.90 Å². The first-order valence-corrected chi connectivity index (χ1v) is 6.21. The average molecular weight is 269 g/mol. The van der Waals surface area contributed by atoms with E-state index in [1.165, 1.54) is 22.0 Å². The fraction of sp³-hybridized carbons (Fsp3) is 0.500. The summed E-state index contributed by atoms with van der Waals surface area (Å²) in [6.45, 7) is 1.81. The fourth-order valence-corrected chi connectivity index (χ4v) is 3.04. The number of aryl methyl sites for hydroxylation is 1. The second-order valence-electron chi connectivity index (χ2n) is 4.15. The lowest BCUT2D eigenvalue weighted by Gasteiger charge is -2.26. The highest BCUT2D eigenvalue weighted by molar-refractivity contribution is 9.10. The topological polar surface area (TPSA) is 29.3 Å². The second kappa shape index (κ2) is 4.64. The van der Waals surface area contributed by atoms with Gasteiger partial charge in [0, 0.05) is 17.1 Å². The van der Waals surface area contributed by atoms with Gasteiger partial charge in [0.25, 0.3) is 0 Å². The molecule has 3 heteroatoms. The highest BCUT2D eigenvalue weighted by Crippen LogP contribution is 2.32. The normalized spacial score (nSPS) is 22.2. The summed E-state index contributed by atoms with van der Waals surface area (Å²) < 4.78 is 1.20. The van der Waals surface area contributed by atoms with Crippen LogP contribution in [0.15, 0.2) is 22.7 Å². The first-order valence-electron chi connectivity index (χ1n) is 5.41. The molecule has 1 aliphatic rings. The molecule has 15 heavy (non-hydrogen) atoms. The molecule has 1 aromatic rings. The maximum absolute atomic E-state index is 5.88. The SMILES string of the molecule is CN1CCCc2cccc(Br)c2C1CN. The van der Waals surface area contributed by atoms with Crippen molar-refractivity contribution < 1.29 is 0 Å². The Morgan fingerprint density at radius 1 is 1.53 bits per heavy atom. The van der Waals surface area contributed by atoms with E-state index in [2.05, 4.69) is 46.1 Å². The third kappa shape index (κ3) is 2.10. The molecule has 0 aromatic heterocycles. The summed E-state index contributed by atoms with van der Waals surface area (Å²) in [5.41, 5.74) is 8.72. The first-order chi connectivity index (χ1) is 7.24. The predicted octanol–water partition coefficient (Wildman–Crippen LogP) is 2.33. The number of halogens is 1. The van der Waals surface area contributed by atoms with Crippen LogP contribution in [0.1, 0.15) is 23.6 Å². The summed E-state index contributed by atoms with van der Waals surface area (Å²) in [7, 11) is 2.16. The van der Waals surface area contributed by atoms with Crippen molar-refractivity contribution >= 4 is 15.9 Å². The van der Waals surface area contributed by atoms with E-state index in [0.717, 1.165) is 13.0 Å². The fourth-order valence-electron chi connectivity index (χ4n) is 2.37. The summed E-state index contributed by atoms with van der Waals surface area (Å²) >= 11 is 3.64. The maximum Gasteiger partial charge on any atom is 0.0481 e. The highest BCUT2D eigenvalue weighted by Gasteiger charge is 2.23. The number of hydrogen-bond acceptors (Lipinski definition) is 2. The van der Waals surface area contributed by atoms with Crippen LogP contribution in [-0.2, 0) is 6.42 Å². The minimum atomic E-state index is 0.359. The molecule has 1 aliphatic heterocycles. The quantitative estimate of drug-likeness (QED) is 0.847. The van der Waals surface area contributed by atoms with Crippen LogP contribution >= 0.6 is 15.9 Å². The lowest BCUT2D eigenvalue weighted by atomic mass is 9.99. The molecule has 1 atom stereocenters. The summed E-state index contributed by atoms with van der Waals surface area (Å²) in [6.07, 6.45) is 2.38. The lowest BCUT2D eigenvalue weighted by molar-refractivity contribution is 0.255. The maximum atomic E-state index is 5.88. The van der Waals surface area contributed by atoms with E-state index in [1.54, 1.807) is 0 Å². The highest BCUT2D eigenvalue weighted by atomic mass is 79.9. The zero-order valence-electron chi connectivity index (χ0n) is 9.04. The van der Waals surface area contributed by atoms with E-state index in [-0.39, 0.29) is 0 Å². The average Bonchev–Trinajstić information content (AvgIpc) is 2.38. The molecule has 2 N–H and O–H groups in total. The molecule has 0 fully saturated rings. The number of nitrogens with zero attached hydrogens (tertiary/aromatic N) is 1. The van der Waals surface area contributed by atoms with E-state index < -0.39 is 0 Å². The van der Waals surface area contributed by atoms with Gasteiger partial charge in [0.2, 0.25) is 0 Å². The molecular formula is C12H17BrN2. The first kappa shape index (κ1) is 11.1. The molecule has 0 spiro atoms. The Bertz CT molecular complexity index is 351. The van der Waals surface area contributed by atoms with Crippen molar-refractivity contribution in [1.29, 1.82) is 0 Å². The van der Waals surface area contributed by atoms with Gasteiger partial charge < -0.3 is 5.73 Å². The predicted molar refractivity (Wildman–Crippen MR) is 66.9 cm³/mol. The summed E-state index contributed by atoms with van der Waals surface area (Å²) in [6, 6.07) is 6.81. The van der Waals surface area contributed by atoms with Crippen LogP contribution < -0.4 is 5.73 Å². The third-order valence-electron chi connectivity index (χ3n) is 3.19. The molecule has 82 valence electrons. The third-order valence-corrected chi connectivity index (χ3v) is 3.88. The molecular weight excluding hydrogens is 252 g/mol. The molecule has 0 saturated heterocycles. The Morgan fingerprint density at radius 3 is 3.07 bits per heavy atom. The number of benzene rings is 1. The van der Waals surface area contributed by atoms with E-state index in [1.807, 2.05) is 0 Å². The van der Waals surface area contributed by atoms with Gasteiger partial charge in [-0.15, -0.1) is 0 Å². The summed E-state index contributed by atoms with van der Waals surface area (Å²) in [5, 5.41) is 0. The van der Waals surface area contributed by atoms with Crippen LogP contribution in [0.3, 0.4) is 0 Å². The van der Waals surface area contributed by atoms with Gasteiger partial charge in [-0.25, -0.2) is 0 Å². The molecule has 0 amide bonds. The van der Waals surface area contributed by atoms with Crippen molar-refractivity contribution in [2.45, 2.75) is 18.9 Å². The molecule has 0 bridgehead atoms. The number of nitrogens with two attached hydrogens (primary N) is 1. The summed E-state index contributed by atoms with van der Waals surface area (Å²) in [5.74, 6) is 0. The van der Waals surface area contributed by atoms with Gasteiger partial charge in [0.1, 0.15) is 0 Å². The Morgan fingerprint density at radius 2 is 2.33 bits per heavy atom. The standard InChI is InChI=1S/C12H17BrN2/c1-15-7-3-5-9-4-2-6-10(13)12(9)11(15)8-14/h2,4,6,11H,3,5,7-8,14H2,1H3. The summed E-state index contributed by atoms with van der Waals surface area (Å²) in [4.78, 5) is 2.36. The molecule has 1 heterocycles. The zero-order chi connectivity index (χ0) is 10.8. The van der Waals surface area contributed by atoms with Crippen LogP contribution in [0.4, 0.5) is 0 Å². The minimum absolute atomic E-state index is 0.359. The Balaban J connectivity index is 2.49. The van der Waals surface area contributed by atoms with Crippen molar-refractivity contribution in [3.8, 4) is 0 Å². The molecule has 0 saturated carbocycles. The molecule has 2 nitrogen and oxygen atoms in total. The van der Waals surface area contributed by atoms with Gasteiger partial charge in [0.05, 0.1) is 0 Å². The van der Waals surface area contributed by atoms with E-state index in [9.17, 15) is 0 Å². The molecule has 2 rings (SSSR count). The zero-order valence-corrected chi connectivity index (χ0v) is 10.6. The molecule has 0 aliphatic carbocycles. The monoisotopic (exact) mass is 268 g/mol. The van der Waals surface area contributed by atoms with Crippen LogP contribution in [0.2, 0.25) is 0 Å². The van der Waals surface area contributed by atoms with Crippen molar-refractivity contribution in [3.63, 3.8) is 0 Å². The largest absolute Gasteiger partial charge is 0.329 e. The van der Waals surface area contributed by atoms with Crippen molar-refractivity contribution in [2.24, 2.45) is 5.73 Å². The second-order valence-corrected chi connectivity index (χ2v) is 5.00. The van der Waals surface area contributed by atoms with E-state index in [4.69, 9.17) is 5.73 Å². The molecule has 1 unspecified atom stereocenters.